The molecule has 0 spiro atoms. The highest BCUT2D eigenvalue weighted by Crippen LogP contribution is 2.28. The third-order valence-corrected chi connectivity index (χ3v) is 5.62. The van der Waals surface area contributed by atoms with Crippen molar-refractivity contribution in [2.45, 2.75) is 18.6 Å². The lowest BCUT2D eigenvalue weighted by molar-refractivity contribution is -0.117. The Morgan fingerprint density at radius 1 is 1.07 bits per heavy atom. The molecule has 0 saturated heterocycles. The molecule has 0 bridgehead atoms. The Hall–Kier alpha value is -3.00. The molecule has 2 amide bonds. The summed E-state index contributed by atoms with van der Waals surface area (Å²) in [6.07, 6.45) is 1.58. The van der Waals surface area contributed by atoms with Crippen LogP contribution in [0.5, 0.6) is 0 Å². The van der Waals surface area contributed by atoms with Crippen LogP contribution in [0.15, 0.2) is 42.5 Å². The second kappa shape index (κ2) is 8.16. The van der Waals surface area contributed by atoms with Gasteiger partial charge in [0, 0.05) is 43.1 Å². The Morgan fingerprint density at radius 2 is 1.72 bits per heavy atom. The maximum Gasteiger partial charge on any atom is 0.251 e. The number of hydrogen-bond donors (Lipinski definition) is 1. The van der Waals surface area contributed by atoms with Gasteiger partial charge in [-0.3, -0.25) is 14.4 Å². The third kappa shape index (κ3) is 5.08. The Labute approximate surface area is 169 Å². The van der Waals surface area contributed by atoms with Crippen molar-refractivity contribution in [3.63, 3.8) is 0 Å². The van der Waals surface area contributed by atoms with Crippen LogP contribution < -0.4 is 10.2 Å². The molecule has 0 aliphatic carbocycles. The number of carbonyl (C=O) groups excluding carboxylic acids is 3. The SMILES string of the molecule is CN1C(=O)Cc2cc(C(=O)CCNC(=O)c3ccc(CS(C)(=O)=O)cc3)ccc21. The van der Waals surface area contributed by atoms with Crippen LogP contribution in [-0.4, -0.2) is 45.9 Å². The first-order valence-electron chi connectivity index (χ1n) is 9.11. The number of anilines is 1. The minimum absolute atomic E-state index is 0.000540. The summed E-state index contributed by atoms with van der Waals surface area (Å²) >= 11 is 0. The van der Waals surface area contributed by atoms with Crippen LogP contribution in [0.4, 0.5) is 5.69 Å². The molecule has 1 heterocycles. The average Bonchev–Trinajstić information content (AvgIpc) is 2.94. The van der Waals surface area contributed by atoms with Crippen molar-refractivity contribution in [3.05, 3.63) is 64.7 Å². The number of sulfone groups is 1. The van der Waals surface area contributed by atoms with Crippen molar-refractivity contribution in [3.8, 4) is 0 Å². The number of nitrogens with one attached hydrogen (secondary N) is 1. The van der Waals surface area contributed by atoms with E-state index >= 15 is 0 Å². The van der Waals surface area contributed by atoms with E-state index in [1.807, 2.05) is 0 Å². The molecule has 0 atom stereocenters. The molecule has 2 aromatic rings. The van der Waals surface area contributed by atoms with E-state index in [0.717, 1.165) is 17.5 Å². The van der Waals surface area contributed by atoms with E-state index in [-0.39, 0.29) is 36.3 Å². The summed E-state index contributed by atoms with van der Waals surface area (Å²) in [5.41, 5.74) is 3.18. The number of nitrogens with zero attached hydrogens (tertiary/aromatic N) is 1. The zero-order valence-corrected chi connectivity index (χ0v) is 17.1. The number of likely N-dealkylation sites (N-methyl/N-ethyl adjacent to an activating group) is 1. The molecule has 1 aliphatic rings. The first kappa shape index (κ1) is 20.7. The second-order valence-electron chi connectivity index (χ2n) is 7.17. The van der Waals surface area contributed by atoms with Crippen LogP contribution >= 0.6 is 0 Å². The van der Waals surface area contributed by atoms with Gasteiger partial charge in [-0.05, 0) is 41.5 Å². The van der Waals surface area contributed by atoms with Crippen molar-refractivity contribution in [2.75, 3.05) is 24.7 Å². The van der Waals surface area contributed by atoms with E-state index in [0.29, 0.717) is 23.1 Å². The molecular weight excluding hydrogens is 392 g/mol. The number of carbonyl (C=O) groups is 3. The highest BCUT2D eigenvalue weighted by atomic mass is 32.2. The topological polar surface area (TPSA) is 101 Å². The Bertz CT molecular complexity index is 1070. The predicted molar refractivity (Wildman–Crippen MR) is 110 cm³/mol. The summed E-state index contributed by atoms with van der Waals surface area (Å²) < 4.78 is 22.6. The summed E-state index contributed by atoms with van der Waals surface area (Å²) in [6.45, 7) is 0.179. The molecular formula is C21H22N2O5S. The molecule has 1 aliphatic heterocycles. The van der Waals surface area contributed by atoms with Gasteiger partial charge in [-0.1, -0.05) is 12.1 Å². The summed E-state index contributed by atoms with van der Waals surface area (Å²) in [6, 6.07) is 11.5. The standard InChI is InChI=1S/C21H22N2O5S/c1-23-18-8-7-16(11-17(18)12-20(23)25)19(24)9-10-22-21(26)15-5-3-14(4-6-15)13-29(2,27)28/h3-8,11H,9-10,12-13H2,1-2H3,(H,22,26). The Morgan fingerprint density at radius 3 is 2.38 bits per heavy atom. The van der Waals surface area contributed by atoms with Crippen LogP contribution in [-0.2, 0) is 26.8 Å². The molecule has 8 heteroatoms. The number of fused-ring (bicyclic) bond motifs is 1. The first-order valence-corrected chi connectivity index (χ1v) is 11.2. The Kier molecular flexibility index (Phi) is 5.83. The van der Waals surface area contributed by atoms with Crippen molar-refractivity contribution < 1.29 is 22.8 Å². The van der Waals surface area contributed by atoms with Gasteiger partial charge in [0.2, 0.25) is 5.91 Å². The van der Waals surface area contributed by atoms with E-state index in [2.05, 4.69) is 5.32 Å². The molecule has 2 aromatic carbocycles. The van der Waals surface area contributed by atoms with Crippen LogP contribution in [0, 0.1) is 0 Å². The van der Waals surface area contributed by atoms with E-state index in [9.17, 15) is 22.8 Å². The highest BCUT2D eigenvalue weighted by molar-refractivity contribution is 7.89. The molecule has 152 valence electrons. The van der Waals surface area contributed by atoms with Gasteiger partial charge in [-0.2, -0.15) is 0 Å². The fraction of sp³-hybridized carbons (Fsp3) is 0.286. The molecule has 0 radical (unpaired) electrons. The second-order valence-corrected chi connectivity index (χ2v) is 9.31. The van der Waals surface area contributed by atoms with Gasteiger partial charge in [0.05, 0.1) is 12.2 Å². The largest absolute Gasteiger partial charge is 0.352 e. The quantitative estimate of drug-likeness (QED) is 0.696. The van der Waals surface area contributed by atoms with E-state index in [1.54, 1.807) is 54.4 Å². The zero-order valence-electron chi connectivity index (χ0n) is 16.3. The van der Waals surface area contributed by atoms with Crippen LogP contribution in [0.25, 0.3) is 0 Å². The van der Waals surface area contributed by atoms with Gasteiger partial charge in [-0.25, -0.2) is 8.42 Å². The highest BCUT2D eigenvalue weighted by Gasteiger charge is 2.24. The van der Waals surface area contributed by atoms with Gasteiger partial charge in [0.15, 0.2) is 15.6 Å². The maximum absolute atomic E-state index is 12.4. The smallest absolute Gasteiger partial charge is 0.251 e. The maximum atomic E-state index is 12.4. The minimum Gasteiger partial charge on any atom is -0.352 e. The molecule has 7 nitrogen and oxygen atoms in total. The van der Waals surface area contributed by atoms with Gasteiger partial charge in [0.25, 0.3) is 5.91 Å². The lowest BCUT2D eigenvalue weighted by atomic mass is 10.0. The number of rotatable bonds is 7. The lowest BCUT2D eigenvalue weighted by Gasteiger charge is -2.10. The monoisotopic (exact) mass is 414 g/mol. The van der Waals surface area contributed by atoms with Crippen LogP contribution in [0.3, 0.4) is 0 Å². The fourth-order valence-electron chi connectivity index (χ4n) is 3.23. The number of benzene rings is 2. The van der Waals surface area contributed by atoms with Gasteiger partial charge >= 0.3 is 0 Å². The van der Waals surface area contributed by atoms with Crippen LogP contribution in [0.1, 0.15) is 38.3 Å². The fourth-order valence-corrected chi connectivity index (χ4v) is 4.03. The molecule has 0 unspecified atom stereocenters. The average molecular weight is 414 g/mol. The molecule has 0 fully saturated rings. The normalized spacial score (nSPS) is 13.3. The number of amides is 2. The third-order valence-electron chi connectivity index (χ3n) is 4.76. The van der Waals surface area contributed by atoms with Gasteiger partial charge in [0.1, 0.15) is 0 Å². The van der Waals surface area contributed by atoms with Gasteiger partial charge in [-0.15, -0.1) is 0 Å². The van der Waals surface area contributed by atoms with E-state index < -0.39 is 9.84 Å². The lowest BCUT2D eigenvalue weighted by Crippen LogP contribution is -2.26. The van der Waals surface area contributed by atoms with E-state index in [4.69, 9.17) is 0 Å². The van der Waals surface area contributed by atoms with Gasteiger partial charge < -0.3 is 10.2 Å². The minimum atomic E-state index is -3.13. The Balaban J connectivity index is 1.53. The van der Waals surface area contributed by atoms with Crippen molar-refractivity contribution in [1.29, 1.82) is 0 Å². The molecule has 0 saturated carbocycles. The number of hydrogen-bond acceptors (Lipinski definition) is 5. The summed E-state index contributed by atoms with van der Waals surface area (Å²) in [4.78, 5) is 37.9. The summed E-state index contributed by atoms with van der Waals surface area (Å²) in [5.74, 6) is -0.520. The number of ketones is 1. The van der Waals surface area contributed by atoms with Crippen molar-refractivity contribution >= 4 is 33.1 Å². The summed E-state index contributed by atoms with van der Waals surface area (Å²) in [7, 11) is -1.42. The molecule has 3 rings (SSSR count). The number of Topliss-reactive ketones (excluding diaryl/α,β-unsaturated/α-hetero) is 1. The molecule has 0 aromatic heterocycles. The predicted octanol–water partition coefficient (Wildman–Crippen LogP) is 1.75. The zero-order chi connectivity index (χ0) is 21.2. The van der Waals surface area contributed by atoms with Crippen LogP contribution in [0.2, 0.25) is 0 Å². The first-order chi connectivity index (χ1) is 13.6. The van der Waals surface area contributed by atoms with Crippen molar-refractivity contribution in [2.24, 2.45) is 0 Å². The summed E-state index contributed by atoms with van der Waals surface area (Å²) in [5, 5.41) is 2.69. The van der Waals surface area contributed by atoms with Crippen molar-refractivity contribution in [1.82, 2.24) is 5.32 Å². The van der Waals surface area contributed by atoms with E-state index in [1.165, 1.54) is 0 Å². The molecule has 29 heavy (non-hydrogen) atoms. The molecule has 1 N–H and O–H groups in total.